The lowest BCUT2D eigenvalue weighted by Gasteiger charge is -2.22. The van der Waals surface area contributed by atoms with Gasteiger partial charge in [0.05, 0.1) is 17.3 Å². The molecule has 0 aliphatic heterocycles. The van der Waals surface area contributed by atoms with Gasteiger partial charge < -0.3 is 4.74 Å². The van der Waals surface area contributed by atoms with Crippen molar-refractivity contribution in [2.24, 2.45) is 5.14 Å². The van der Waals surface area contributed by atoms with Gasteiger partial charge in [0.25, 0.3) is 10.2 Å². The quantitative estimate of drug-likeness (QED) is 0.828. The molecule has 0 saturated carbocycles. The molecule has 0 fully saturated rings. The molecule has 0 aliphatic rings. The summed E-state index contributed by atoms with van der Waals surface area (Å²) in [5.74, 6) is -0.701. The number of nitrogens with two attached hydrogens (primary N) is 1. The highest BCUT2D eigenvalue weighted by molar-refractivity contribution is 7.90. The van der Waals surface area contributed by atoms with E-state index in [0.29, 0.717) is 4.31 Å². The van der Waals surface area contributed by atoms with Crippen LogP contribution in [0.25, 0.3) is 0 Å². The van der Waals surface area contributed by atoms with Gasteiger partial charge >= 0.3 is 5.97 Å². The van der Waals surface area contributed by atoms with Crippen LogP contribution in [-0.4, -0.2) is 27.5 Å². The first-order chi connectivity index (χ1) is 8.75. The van der Waals surface area contributed by atoms with Crippen LogP contribution in [0.2, 0.25) is 5.02 Å². The van der Waals surface area contributed by atoms with Crippen molar-refractivity contribution in [3.05, 3.63) is 28.8 Å². The Balaban J connectivity index is 3.14. The number of benzene rings is 1. The molecule has 0 spiro atoms. The number of rotatable bonds is 5. The summed E-state index contributed by atoms with van der Waals surface area (Å²) in [5.41, 5.74) is 1.00. The number of esters is 1. The number of nitrogens with zero attached hydrogens (tertiary/aromatic N) is 1. The molecule has 0 heterocycles. The maximum Gasteiger partial charge on any atom is 0.326 e. The van der Waals surface area contributed by atoms with Gasteiger partial charge in [-0.3, -0.25) is 4.79 Å². The Morgan fingerprint density at radius 3 is 2.58 bits per heavy atom. The Hall–Kier alpha value is -1.31. The lowest BCUT2D eigenvalue weighted by atomic mass is 10.2. The highest BCUT2D eigenvalue weighted by atomic mass is 35.5. The second kappa shape index (κ2) is 6.23. The lowest BCUT2D eigenvalue weighted by molar-refractivity contribution is -0.141. The number of hydrogen-bond acceptors (Lipinski definition) is 4. The fourth-order valence-electron chi connectivity index (χ4n) is 1.45. The number of aryl methyl sites for hydroxylation is 1. The van der Waals surface area contributed by atoms with Crippen molar-refractivity contribution in [1.29, 1.82) is 0 Å². The Morgan fingerprint density at radius 1 is 1.47 bits per heavy atom. The van der Waals surface area contributed by atoms with Gasteiger partial charge in [-0.25, -0.2) is 9.44 Å². The number of anilines is 1. The molecule has 1 rings (SSSR count). The lowest BCUT2D eigenvalue weighted by Crippen LogP contribution is -2.41. The summed E-state index contributed by atoms with van der Waals surface area (Å²) in [6.07, 6.45) is 0. The van der Waals surface area contributed by atoms with E-state index < -0.39 is 22.7 Å². The highest BCUT2D eigenvalue weighted by Crippen LogP contribution is 2.27. The van der Waals surface area contributed by atoms with Crippen molar-refractivity contribution in [3.8, 4) is 0 Å². The maximum atomic E-state index is 11.5. The topological polar surface area (TPSA) is 89.7 Å². The summed E-state index contributed by atoms with van der Waals surface area (Å²) in [4.78, 5) is 11.4. The average Bonchev–Trinajstić information content (AvgIpc) is 2.25. The SMILES string of the molecule is CCOC(=O)CN(c1ccc(C)cc1Cl)S(N)(=O)=O. The van der Waals surface area contributed by atoms with Gasteiger partial charge in [-0.1, -0.05) is 17.7 Å². The number of halogens is 1. The maximum absolute atomic E-state index is 11.5. The first-order valence-electron chi connectivity index (χ1n) is 5.48. The third kappa shape index (κ3) is 4.38. The molecular weight excluding hydrogens is 292 g/mol. The highest BCUT2D eigenvalue weighted by Gasteiger charge is 2.24. The minimum atomic E-state index is -4.12. The molecule has 2 N–H and O–H groups in total. The van der Waals surface area contributed by atoms with Crippen molar-refractivity contribution >= 4 is 33.5 Å². The van der Waals surface area contributed by atoms with E-state index in [4.69, 9.17) is 21.5 Å². The summed E-state index contributed by atoms with van der Waals surface area (Å²) in [7, 11) is -4.12. The molecule has 8 heteroatoms. The molecule has 0 saturated heterocycles. The van der Waals surface area contributed by atoms with E-state index in [2.05, 4.69) is 0 Å². The third-order valence-corrected chi connectivity index (χ3v) is 3.50. The van der Waals surface area contributed by atoms with E-state index in [1.807, 2.05) is 6.92 Å². The van der Waals surface area contributed by atoms with Crippen LogP contribution in [0.5, 0.6) is 0 Å². The van der Waals surface area contributed by atoms with E-state index in [9.17, 15) is 13.2 Å². The van der Waals surface area contributed by atoms with E-state index in [1.54, 1.807) is 19.1 Å². The predicted octanol–water partition coefficient (Wildman–Crippen LogP) is 1.22. The standard InChI is InChI=1S/C11H15ClN2O4S/c1-3-18-11(15)7-14(19(13,16)17)10-5-4-8(2)6-9(10)12/h4-6H,3,7H2,1-2H3,(H2,13,16,17). The zero-order valence-corrected chi connectivity index (χ0v) is 12.2. The molecular formula is C11H15ClN2O4S. The van der Waals surface area contributed by atoms with Crippen LogP contribution < -0.4 is 9.44 Å². The van der Waals surface area contributed by atoms with Crippen LogP contribution >= 0.6 is 11.6 Å². The van der Waals surface area contributed by atoms with E-state index in [-0.39, 0.29) is 17.3 Å². The Labute approximate surface area is 117 Å². The smallest absolute Gasteiger partial charge is 0.326 e. The molecule has 0 aliphatic carbocycles. The summed E-state index contributed by atoms with van der Waals surface area (Å²) < 4.78 is 28.5. The summed E-state index contributed by atoms with van der Waals surface area (Å²) in [5, 5.41) is 5.29. The van der Waals surface area contributed by atoms with Crippen LogP contribution in [-0.2, 0) is 19.7 Å². The Kier molecular flexibility index (Phi) is 5.16. The summed E-state index contributed by atoms with van der Waals surface area (Å²) in [6, 6.07) is 4.74. The van der Waals surface area contributed by atoms with Gasteiger partial charge in [-0.05, 0) is 31.5 Å². The summed E-state index contributed by atoms with van der Waals surface area (Å²) in [6.45, 7) is 3.06. The molecule has 19 heavy (non-hydrogen) atoms. The van der Waals surface area contributed by atoms with Gasteiger partial charge in [0.15, 0.2) is 0 Å². The van der Waals surface area contributed by atoms with Crippen LogP contribution in [0.1, 0.15) is 12.5 Å². The fraction of sp³-hybridized carbons (Fsp3) is 0.364. The predicted molar refractivity (Wildman–Crippen MR) is 73.3 cm³/mol. The van der Waals surface area contributed by atoms with Gasteiger partial charge in [-0.2, -0.15) is 8.42 Å². The van der Waals surface area contributed by atoms with Gasteiger partial charge in [0.1, 0.15) is 6.54 Å². The van der Waals surface area contributed by atoms with Crippen LogP contribution in [0, 0.1) is 6.92 Å². The first kappa shape index (κ1) is 15.7. The van der Waals surface area contributed by atoms with Crippen LogP contribution in [0.4, 0.5) is 5.69 Å². The van der Waals surface area contributed by atoms with Crippen molar-refractivity contribution < 1.29 is 17.9 Å². The van der Waals surface area contributed by atoms with E-state index >= 15 is 0 Å². The van der Waals surface area contributed by atoms with Gasteiger partial charge in [-0.15, -0.1) is 0 Å². The number of carbonyl (C=O) groups excluding carboxylic acids is 1. The average molecular weight is 307 g/mol. The molecule has 0 bridgehead atoms. The number of hydrogen-bond donors (Lipinski definition) is 1. The number of ether oxygens (including phenoxy) is 1. The third-order valence-electron chi connectivity index (χ3n) is 2.26. The molecule has 0 amide bonds. The molecule has 0 radical (unpaired) electrons. The van der Waals surface area contributed by atoms with Crippen molar-refractivity contribution in [3.63, 3.8) is 0 Å². The molecule has 0 unspecified atom stereocenters. The number of carbonyl (C=O) groups is 1. The Bertz CT molecular complexity index is 574. The van der Waals surface area contributed by atoms with E-state index in [1.165, 1.54) is 6.07 Å². The van der Waals surface area contributed by atoms with Gasteiger partial charge in [0.2, 0.25) is 0 Å². The molecule has 106 valence electrons. The van der Waals surface area contributed by atoms with Crippen molar-refractivity contribution in [2.45, 2.75) is 13.8 Å². The fourth-order valence-corrected chi connectivity index (χ4v) is 2.56. The van der Waals surface area contributed by atoms with Crippen molar-refractivity contribution in [1.82, 2.24) is 0 Å². The molecule has 0 atom stereocenters. The molecule has 0 aromatic heterocycles. The van der Waals surface area contributed by atoms with Gasteiger partial charge in [0, 0.05) is 0 Å². The van der Waals surface area contributed by atoms with Crippen LogP contribution in [0.15, 0.2) is 18.2 Å². The minimum absolute atomic E-state index is 0.141. The van der Waals surface area contributed by atoms with Crippen molar-refractivity contribution in [2.75, 3.05) is 17.5 Å². The molecule has 1 aromatic rings. The van der Waals surface area contributed by atoms with Crippen LogP contribution in [0.3, 0.4) is 0 Å². The second-order valence-electron chi connectivity index (χ2n) is 3.81. The normalized spacial score (nSPS) is 11.2. The molecule has 1 aromatic carbocycles. The Morgan fingerprint density at radius 2 is 2.11 bits per heavy atom. The first-order valence-corrected chi connectivity index (χ1v) is 7.36. The molecule has 6 nitrogen and oxygen atoms in total. The van der Waals surface area contributed by atoms with E-state index in [0.717, 1.165) is 5.56 Å². The second-order valence-corrected chi connectivity index (χ2v) is 5.69. The summed E-state index contributed by atoms with van der Waals surface area (Å²) >= 11 is 5.98. The minimum Gasteiger partial charge on any atom is -0.465 e. The zero-order chi connectivity index (χ0) is 14.6. The largest absolute Gasteiger partial charge is 0.465 e. The monoisotopic (exact) mass is 306 g/mol. The zero-order valence-electron chi connectivity index (χ0n) is 10.6.